The molecule has 4 rings (SSSR count). The van der Waals surface area contributed by atoms with Gasteiger partial charge in [0.25, 0.3) is 5.91 Å². The Morgan fingerprint density at radius 3 is 2.79 bits per heavy atom. The summed E-state index contributed by atoms with van der Waals surface area (Å²) in [7, 11) is 1.57. The van der Waals surface area contributed by atoms with Crippen molar-refractivity contribution in [2.75, 3.05) is 19.0 Å². The number of amides is 1. The summed E-state index contributed by atoms with van der Waals surface area (Å²) in [5, 5.41) is 3.71. The topological polar surface area (TPSA) is 77.5 Å². The zero-order valence-electron chi connectivity index (χ0n) is 14.8. The number of esters is 1. The molecule has 0 radical (unpaired) electrons. The Kier molecular flexibility index (Phi) is 5.35. The first-order valence-corrected chi connectivity index (χ1v) is 10.2. The zero-order chi connectivity index (χ0) is 20.5. The molecular weight excluding hydrogens is 439 g/mol. The van der Waals surface area contributed by atoms with Crippen molar-refractivity contribution in [3.05, 3.63) is 52.1 Å². The largest absolute Gasteiger partial charge is 0.497 e. The second-order valence-corrected chi connectivity index (χ2v) is 8.32. The van der Waals surface area contributed by atoms with E-state index in [2.05, 4.69) is 10.3 Å². The second kappa shape index (κ2) is 7.94. The van der Waals surface area contributed by atoms with Crippen LogP contribution in [-0.4, -0.2) is 30.6 Å². The highest BCUT2D eigenvalue weighted by Gasteiger charge is 2.20. The summed E-state index contributed by atoms with van der Waals surface area (Å²) in [4.78, 5) is 28.8. The number of rotatable bonds is 5. The van der Waals surface area contributed by atoms with Crippen LogP contribution in [0.5, 0.6) is 5.75 Å². The third-order valence-corrected chi connectivity index (χ3v) is 6.52. The minimum atomic E-state index is -0.749. The number of nitrogens with one attached hydrogen (secondary N) is 1. The minimum Gasteiger partial charge on any atom is -0.497 e. The highest BCUT2D eigenvalue weighted by molar-refractivity contribution is 7.22. The number of hydrogen-bond donors (Lipinski definition) is 1. The summed E-state index contributed by atoms with van der Waals surface area (Å²) >= 11 is 8.47. The van der Waals surface area contributed by atoms with Gasteiger partial charge in [0.1, 0.15) is 16.4 Å². The van der Waals surface area contributed by atoms with Gasteiger partial charge >= 0.3 is 5.97 Å². The van der Waals surface area contributed by atoms with E-state index >= 15 is 0 Å². The molecule has 0 saturated carbocycles. The summed E-state index contributed by atoms with van der Waals surface area (Å²) < 4.78 is 24.9. The summed E-state index contributed by atoms with van der Waals surface area (Å²) in [6.45, 7) is -0.503. The molecule has 0 saturated heterocycles. The number of hydrogen-bond acceptors (Lipinski definition) is 7. The molecule has 0 aliphatic heterocycles. The fourth-order valence-corrected chi connectivity index (χ4v) is 4.95. The Hall–Kier alpha value is -2.75. The number of nitrogens with zero attached hydrogens (tertiary/aromatic N) is 1. The quantitative estimate of drug-likeness (QED) is 0.427. The van der Waals surface area contributed by atoms with Crippen LogP contribution >= 0.6 is 34.3 Å². The van der Waals surface area contributed by atoms with Crippen LogP contribution in [0.15, 0.2) is 36.4 Å². The van der Waals surface area contributed by atoms with Crippen LogP contribution in [-0.2, 0) is 9.53 Å². The number of thiazole rings is 1. The minimum absolute atomic E-state index is 0.118. The molecule has 1 N–H and O–H groups in total. The Balaban J connectivity index is 1.42. The third-order valence-electron chi connectivity index (χ3n) is 3.95. The fraction of sp³-hybridized carbons (Fsp3) is 0.105. The number of carbonyl (C=O) groups is 2. The molecular formula is C19H12ClFN2O4S2. The maximum absolute atomic E-state index is 13.3. The highest BCUT2D eigenvalue weighted by Crippen LogP contribution is 2.36. The average Bonchev–Trinajstić information content (AvgIpc) is 3.25. The Labute approximate surface area is 176 Å². The molecule has 6 nitrogen and oxygen atoms in total. The van der Waals surface area contributed by atoms with Gasteiger partial charge in [-0.3, -0.25) is 10.1 Å². The van der Waals surface area contributed by atoms with Crippen LogP contribution in [0.3, 0.4) is 0 Å². The van der Waals surface area contributed by atoms with Gasteiger partial charge in [-0.1, -0.05) is 22.9 Å². The van der Waals surface area contributed by atoms with E-state index in [1.807, 2.05) is 6.07 Å². The molecule has 2 heterocycles. The Morgan fingerprint density at radius 2 is 2.00 bits per heavy atom. The van der Waals surface area contributed by atoms with Crippen molar-refractivity contribution in [2.24, 2.45) is 0 Å². The van der Waals surface area contributed by atoms with Gasteiger partial charge in [0, 0.05) is 10.1 Å². The van der Waals surface area contributed by atoms with Crippen LogP contribution in [0.4, 0.5) is 9.52 Å². The smallest absolute Gasteiger partial charge is 0.350 e. The summed E-state index contributed by atoms with van der Waals surface area (Å²) in [5.74, 6) is -1.02. The predicted molar refractivity (Wildman–Crippen MR) is 112 cm³/mol. The van der Waals surface area contributed by atoms with Crippen molar-refractivity contribution in [1.29, 1.82) is 0 Å². The molecule has 2 aromatic heterocycles. The molecule has 0 atom stereocenters. The third kappa shape index (κ3) is 4.02. The molecule has 0 fully saturated rings. The molecule has 0 bridgehead atoms. The van der Waals surface area contributed by atoms with Crippen LogP contribution in [0.2, 0.25) is 5.02 Å². The average molecular weight is 451 g/mol. The molecule has 0 aliphatic rings. The maximum atomic E-state index is 13.3. The number of aromatic nitrogens is 1. The molecule has 0 aliphatic carbocycles. The van der Waals surface area contributed by atoms with Gasteiger partial charge in [0.2, 0.25) is 0 Å². The van der Waals surface area contributed by atoms with E-state index in [-0.39, 0.29) is 9.90 Å². The molecule has 29 heavy (non-hydrogen) atoms. The van der Waals surface area contributed by atoms with Crippen molar-refractivity contribution >= 4 is 71.6 Å². The van der Waals surface area contributed by atoms with E-state index < -0.39 is 24.3 Å². The molecule has 2 aromatic carbocycles. The Bertz CT molecular complexity index is 1250. The number of benzene rings is 2. The van der Waals surface area contributed by atoms with Gasteiger partial charge < -0.3 is 9.47 Å². The summed E-state index contributed by atoms with van der Waals surface area (Å²) in [6, 6.07) is 9.42. The van der Waals surface area contributed by atoms with E-state index in [9.17, 15) is 14.0 Å². The number of ether oxygens (including phenoxy) is 2. The second-order valence-electron chi connectivity index (χ2n) is 5.86. The van der Waals surface area contributed by atoms with Gasteiger partial charge in [-0.25, -0.2) is 14.2 Å². The standard InChI is InChI=1S/C19H12ClFN2O4S2/c1-26-10-3-5-12-14(7-10)29-19(22-12)23-15(24)8-27-18(25)17-16(20)11-4-2-9(21)6-13(11)28-17/h2-7H,8H2,1H3,(H,22,23,24). The predicted octanol–water partition coefficient (Wildman–Crippen LogP) is 5.11. The fourth-order valence-electron chi connectivity index (χ4n) is 2.61. The van der Waals surface area contributed by atoms with E-state index in [0.717, 1.165) is 16.0 Å². The normalized spacial score (nSPS) is 11.0. The van der Waals surface area contributed by atoms with Crippen LogP contribution in [0, 0.1) is 5.82 Å². The van der Waals surface area contributed by atoms with E-state index in [0.29, 0.717) is 26.5 Å². The van der Waals surface area contributed by atoms with Crippen molar-refractivity contribution in [3.8, 4) is 5.75 Å². The van der Waals surface area contributed by atoms with Crippen LogP contribution < -0.4 is 10.1 Å². The van der Waals surface area contributed by atoms with Crippen LogP contribution in [0.1, 0.15) is 9.67 Å². The lowest BCUT2D eigenvalue weighted by Crippen LogP contribution is -2.20. The summed E-state index contributed by atoms with van der Waals surface area (Å²) in [6.07, 6.45) is 0. The highest BCUT2D eigenvalue weighted by atomic mass is 35.5. The summed E-state index contributed by atoms with van der Waals surface area (Å²) in [5.41, 5.74) is 0.715. The van der Waals surface area contributed by atoms with Crippen molar-refractivity contribution in [1.82, 2.24) is 4.98 Å². The molecule has 1 amide bonds. The van der Waals surface area contributed by atoms with Crippen molar-refractivity contribution < 1.29 is 23.5 Å². The molecule has 148 valence electrons. The number of anilines is 1. The lowest BCUT2D eigenvalue weighted by atomic mass is 10.2. The SMILES string of the molecule is COc1ccc2nc(NC(=O)COC(=O)c3sc4cc(F)ccc4c3Cl)sc2c1. The zero-order valence-corrected chi connectivity index (χ0v) is 17.2. The number of fused-ring (bicyclic) bond motifs is 2. The monoisotopic (exact) mass is 450 g/mol. The Morgan fingerprint density at radius 1 is 1.17 bits per heavy atom. The lowest BCUT2D eigenvalue weighted by Gasteiger charge is -2.03. The molecule has 0 spiro atoms. The number of thiophene rings is 1. The van der Waals surface area contributed by atoms with Crippen molar-refractivity contribution in [2.45, 2.75) is 0 Å². The lowest BCUT2D eigenvalue weighted by molar-refractivity contribution is -0.119. The van der Waals surface area contributed by atoms with Gasteiger partial charge in [-0.2, -0.15) is 0 Å². The molecule has 0 unspecified atom stereocenters. The van der Waals surface area contributed by atoms with Gasteiger partial charge in [-0.15, -0.1) is 11.3 Å². The number of carbonyl (C=O) groups excluding carboxylic acids is 2. The first-order valence-electron chi connectivity index (χ1n) is 8.23. The molecule has 10 heteroatoms. The van der Waals surface area contributed by atoms with Gasteiger partial charge in [0.15, 0.2) is 11.7 Å². The van der Waals surface area contributed by atoms with Crippen LogP contribution in [0.25, 0.3) is 20.3 Å². The van der Waals surface area contributed by atoms with E-state index in [1.165, 1.54) is 29.5 Å². The van der Waals surface area contributed by atoms with Gasteiger partial charge in [-0.05, 0) is 36.4 Å². The first-order chi connectivity index (χ1) is 13.9. The van der Waals surface area contributed by atoms with Crippen molar-refractivity contribution in [3.63, 3.8) is 0 Å². The van der Waals surface area contributed by atoms with E-state index in [1.54, 1.807) is 19.2 Å². The number of methoxy groups -OCH3 is 1. The van der Waals surface area contributed by atoms with E-state index in [4.69, 9.17) is 21.1 Å². The number of halogens is 2. The molecule has 4 aromatic rings. The van der Waals surface area contributed by atoms with Gasteiger partial charge in [0.05, 0.1) is 22.3 Å². The first kappa shape index (κ1) is 19.6. The maximum Gasteiger partial charge on any atom is 0.350 e.